The molecule has 0 saturated carbocycles. The molecule has 0 amide bonds. The SMILES string of the molecule is c1ccc(-c2nc(-c3ccccc3)c3n[se]nc3c2-c2ccccc2)cc1. The molecule has 0 radical (unpaired) electrons. The van der Waals surface area contributed by atoms with Gasteiger partial charge in [0.05, 0.1) is 0 Å². The van der Waals surface area contributed by atoms with Crippen LogP contribution in [0, 0.1) is 0 Å². The first-order chi connectivity index (χ1) is 13.4. The van der Waals surface area contributed by atoms with Crippen LogP contribution in [0.4, 0.5) is 0 Å². The Bertz CT molecular complexity index is 1200. The van der Waals surface area contributed by atoms with E-state index in [0.717, 1.165) is 44.7 Å². The summed E-state index contributed by atoms with van der Waals surface area (Å²) in [6.45, 7) is 0. The molecule has 0 N–H and O–H groups in total. The number of rotatable bonds is 3. The molecule has 0 aliphatic carbocycles. The third kappa shape index (κ3) is 2.89. The van der Waals surface area contributed by atoms with E-state index in [2.05, 4.69) is 48.5 Å². The number of pyridine rings is 1. The van der Waals surface area contributed by atoms with Gasteiger partial charge in [-0.1, -0.05) is 0 Å². The van der Waals surface area contributed by atoms with Gasteiger partial charge < -0.3 is 0 Å². The number of benzene rings is 3. The zero-order valence-corrected chi connectivity index (χ0v) is 16.1. The maximum absolute atomic E-state index is 5.12. The summed E-state index contributed by atoms with van der Waals surface area (Å²) in [6, 6.07) is 31.0. The van der Waals surface area contributed by atoms with Crippen molar-refractivity contribution in [3.05, 3.63) is 91.0 Å². The second-order valence-corrected chi connectivity index (χ2v) is 7.35. The van der Waals surface area contributed by atoms with Crippen LogP contribution >= 0.6 is 0 Å². The molecule has 0 bridgehead atoms. The standard InChI is InChI=1S/C23H15N3Se/c1-4-10-16(11-5-1)19-20(17-12-6-2-7-13-17)24-21(18-14-8-3-9-15-18)23-22(19)25-27-26-23/h1-15H. The second kappa shape index (κ2) is 6.92. The summed E-state index contributed by atoms with van der Waals surface area (Å²) in [5.74, 6) is 0. The van der Waals surface area contributed by atoms with Gasteiger partial charge in [0, 0.05) is 0 Å². The number of nitrogens with zero attached hydrogens (tertiary/aromatic N) is 3. The van der Waals surface area contributed by atoms with E-state index >= 15 is 0 Å². The van der Waals surface area contributed by atoms with E-state index in [1.807, 2.05) is 42.5 Å². The van der Waals surface area contributed by atoms with Crippen LogP contribution in [-0.2, 0) is 0 Å². The Morgan fingerprint density at radius 1 is 0.481 bits per heavy atom. The van der Waals surface area contributed by atoms with Crippen molar-refractivity contribution in [3.8, 4) is 33.6 Å². The van der Waals surface area contributed by atoms with E-state index in [0.29, 0.717) is 0 Å². The first kappa shape index (κ1) is 16.1. The Balaban J connectivity index is 1.90. The summed E-state index contributed by atoms with van der Waals surface area (Å²) in [5.41, 5.74) is 8.10. The molecule has 0 aliphatic heterocycles. The fraction of sp³-hybridized carbons (Fsp3) is 0. The van der Waals surface area contributed by atoms with Gasteiger partial charge in [0.15, 0.2) is 0 Å². The van der Waals surface area contributed by atoms with Crippen LogP contribution in [0.25, 0.3) is 44.7 Å². The van der Waals surface area contributed by atoms with Crippen LogP contribution < -0.4 is 0 Å². The topological polar surface area (TPSA) is 38.7 Å². The first-order valence-corrected chi connectivity index (χ1v) is 10.3. The summed E-state index contributed by atoms with van der Waals surface area (Å²) in [6.07, 6.45) is 0. The average molecular weight is 412 g/mol. The van der Waals surface area contributed by atoms with Gasteiger partial charge in [-0.15, -0.1) is 0 Å². The first-order valence-electron chi connectivity index (χ1n) is 8.74. The van der Waals surface area contributed by atoms with Gasteiger partial charge in [0.1, 0.15) is 0 Å². The van der Waals surface area contributed by atoms with Gasteiger partial charge in [-0.3, -0.25) is 0 Å². The zero-order valence-electron chi connectivity index (χ0n) is 14.4. The van der Waals surface area contributed by atoms with Crippen molar-refractivity contribution in [3.63, 3.8) is 0 Å². The molecule has 2 heterocycles. The molecule has 0 atom stereocenters. The van der Waals surface area contributed by atoms with Gasteiger partial charge in [-0.25, -0.2) is 0 Å². The summed E-state index contributed by atoms with van der Waals surface area (Å²) in [7, 11) is 0. The molecule has 0 spiro atoms. The van der Waals surface area contributed by atoms with Crippen molar-refractivity contribution < 1.29 is 0 Å². The fourth-order valence-electron chi connectivity index (χ4n) is 3.32. The average Bonchev–Trinajstić information content (AvgIpc) is 3.24. The monoisotopic (exact) mass is 413 g/mol. The Kier molecular flexibility index (Phi) is 4.13. The van der Waals surface area contributed by atoms with Crippen LogP contribution in [0.3, 0.4) is 0 Å². The second-order valence-electron chi connectivity index (χ2n) is 6.24. The van der Waals surface area contributed by atoms with Crippen molar-refractivity contribution in [2.45, 2.75) is 0 Å². The predicted octanol–water partition coefficient (Wildman–Crippen LogP) is 5.08. The van der Waals surface area contributed by atoms with Crippen molar-refractivity contribution in [1.29, 1.82) is 0 Å². The van der Waals surface area contributed by atoms with Crippen LogP contribution in [-0.4, -0.2) is 27.9 Å². The molecule has 4 heteroatoms. The molecular formula is C23H15N3Se. The number of aromatic nitrogens is 3. The van der Waals surface area contributed by atoms with Crippen molar-refractivity contribution >= 4 is 26.0 Å². The molecule has 3 aromatic carbocycles. The quantitative estimate of drug-likeness (QED) is 0.388. The molecule has 0 aliphatic rings. The normalized spacial score (nSPS) is 11.0. The number of hydrogen-bond acceptors (Lipinski definition) is 3. The summed E-state index contributed by atoms with van der Waals surface area (Å²) < 4.78 is 9.53. The maximum atomic E-state index is 5.12. The Labute approximate surface area is 163 Å². The van der Waals surface area contributed by atoms with Gasteiger partial charge in [-0.05, 0) is 0 Å². The summed E-state index contributed by atoms with van der Waals surface area (Å²) in [5, 5.41) is 0. The number of hydrogen-bond donors (Lipinski definition) is 0. The molecule has 27 heavy (non-hydrogen) atoms. The molecule has 0 saturated heterocycles. The molecule has 0 unspecified atom stereocenters. The fourth-order valence-corrected chi connectivity index (χ4v) is 4.49. The minimum absolute atomic E-state index is 0.133. The van der Waals surface area contributed by atoms with Crippen molar-refractivity contribution in [1.82, 2.24) is 12.9 Å². The minimum atomic E-state index is -0.133. The van der Waals surface area contributed by atoms with Crippen LogP contribution in [0.2, 0.25) is 0 Å². The molecular weight excluding hydrogens is 397 g/mol. The van der Waals surface area contributed by atoms with Crippen LogP contribution in [0.1, 0.15) is 0 Å². The van der Waals surface area contributed by atoms with E-state index in [1.165, 1.54) is 0 Å². The molecule has 3 nitrogen and oxygen atoms in total. The third-order valence-corrected chi connectivity index (χ3v) is 5.68. The Morgan fingerprint density at radius 3 is 1.56 bits per heavy atom. The van der Waals surface area contributed by atoms with E-state index in [-0.39, 0.29) is 15.0 Å². The van der Waals surface area contributed by atoms with Gasteiger partial charge in [0.25, 0.3) is 0 Å². The Morgan fingerprint density at radius 2 is 0.963 bits per heavy atom. The van der Waals surface area contributed by atoms with Crippen LogP contribution in [0.15, 0.2) is 91.0 Å². The van der Waals surface area contributed by atoms with Gasteiger partial charge in [-0.2, -0.15) is 0 Å². The van der Waals surface area contributed by atoms with Crippen molar-refractivity contribution in [2.24, 2.45) is 0 Å². The predicted molar refractivity (Wildman–Crippen MR) is 111 cm³/mol. The summed E-state index contributed by atoms with van der Waals surface area (Å²) in [4.78, 5) is 5.12. The van der Waals surface area contributed by atoms with Gasteiger partial charge >= 0.3 is 164 Å². The molecule has 5 rings (SSSR count). The van der Waals surface area contributed by atoms with Crippen molar-refractivity contribution in [2.75, 3.05) is 0 Å². The van der Waals surface area contributed by atoms with Crippen LogP contribution in [0.5, 0.6) is 0 Å². The zero-order chi connectivity index (χ0) is 18.1. The van der Waals surface area contributed by atoms with E-state index in [1.54, 1.807) is 0 Å². The molecule has 0 fully saturated rings. The van der Waals surface area contributed by atoms with E-state index in [9.17, 15) is 0 Å². The third-order valence-electron chi connectivity index (χ3n) is 4.57. The van der Waals surface area contributed by atoms with E-state index in [4.69, 9.17) is 12.9 Å². The van der Waals surface area contributed by atoms with E-state index < -0.39 is 0 Å². The number of fused-ring (bicyclic) bond motifs is 1. The van der Waals surface area contributed by atoms with Gasteiger partial charge in [0.2, 0.25) is 0 Å². The Hall–Kier alpha value is -3.07. The summed E-state index contributed by atoms with van der Waals surface area (Å²) >= 11 is -0.133. The molecule has 128 valence electrons. The molecule has 5 aromatic rings. The molecule has 2 aromatic heterocycles.